The lowest BCUT2D eigenvalue weighted by Crippen LogP contribution is -2.34. The lowest BCUT2D eigenvalue weighted by atomic mass is 9.99. The normalized spacial score (nSPS) is 18.7. The maximum absolute atomic E-state index is 6.25. The fourth-order valence-electron chi connectivity index (χ4n) is 2.25. The van der Waals surface area contributed by atoms with Crippen molar-refractivity contribution in [2.75, 3.05) is 0 Å². The molecule has 0 amide bonds. The molecule has 1 saturated carbocycles. The van der Waals surface area contributed by atoms with Gasteiger partial charge in [-0.2, -0.15) is 4.98 Å². The van der Waals surface area contributed by atoms with Crippen LogP contribution in [0.5, 0.6) is 0 Å². The van der Waals surface area contributed by atoms with Crippen molar-refractivity contribution in [3.63, 3.8) is 0 Å². The molecule has 2 N–H and O–H groups in total. The molecule has 1 fully saturated rings. The second-order valence-electron chi connectivity index (χ2n) is 4.55. The Morgan fingerprint density at radius 2 is 2.12 bits per heavy atom. The number of oxazole rings is 1. The largest absolute Gasteiger partial charge is 0.438 e. The van der Waals surface area contributed by atoms with E-state index in [4.69, 9.17) is 14.7 Å². The summed E-state index contributed by atoms with van der Waals surface area (Å²) in [6.45, 7) is 1.83. The van der Waals surface area contributed by atoms with Gasteiger partial charge >= 0.3 is 0 Å². The first-order valence-electron chi connectivity index (χ1n) is 5.72. The van der Waals surface area contributed by atoms with E-state index in [9.17, 15) is 0 Å². The third-order valence-electron chi connectivity index (χ3n) is 3.31. The van der Waals surface area contributed by atoms with Crippen molar-refractivity contribution in [3.8, 4) is 11.7 Å². The molecule has 0 aliphatic heterocycles. The minimum Gasteiger partial charge on any atom is -0.438 e. The first-order chi connectivity index (χ1) is 8.19. The summed E-state index contributed by atoms with van der Waals surface area (Å²) >= 11 is 0. The van der Waals surface area contributed by atoms with Crippen LogP contribution in [0, 0.1) is 6.92 Å². The highest BCUT2D eigenvalue weighted by atomic mass is 16.5. The van der Waals surface area contributed by atoms with Crippen LogP contribution in [-0.4, -0.2) is 15.1 Å². The standard InChI is InChI=1S/C11H14N4O2/c1-7-8(16-6-13-7)9-14-10(15-17-9)11(12)4-2-3-5-11/h6H,2-5,12H2,1H3. The van der Waals surface area contributed by atoms with Crippen LogP contribution < -0.4 is 5.73 Å². The molecule has 0 radical (unpaired) electrons. The van der Waals surface area contributed by atoms with E-state index < -0.39 is 5.54 Å². The van der Waals surface area contributed by atoms with E-state index in [1.165, 1.54) is 6.39 Å². The van der Waals surface area contributed by atoms with Crippen molar-refractivity contribution in [2.24, 2.45) is 5.73 Å². The molecule has 6 heteroatoms. The molecule has 0 saturated heterocycles. The topological polar surface area (TPSA) is 91.0 Å². The number of hydrogen-bond donors (Lipinski definition) is 1. The van der Waals surface area contributed by atoms with Gasteiger partial charge in [-0.3, -0.25) is 0 Å². The molecule has 0 bridgehead atoms. The van der Waals surface area contributed by atoms with Crippen molar-refractivity contribution >= 4 is 0 Å². The Morgan fingerprint density at radius 1 is 1.35 bits per heavy atom. The number of aromatic nitrogens is 3. The van der Waals surface area contributed by atoms with Gasteiger partial charge in [0.05, 0.1) is 11.2 Å². The van der Waals surface area contributed by atoms with Gasteiger partial charge in [-0.25, -0.2) is 4.98 Å². The Hall–Kier alpha value is -1.69. The molecule has 0 unspecified atom stereocenters. The van der Waals surface area contributed by atoms with Crippen molar-refractivity contribution in [1.82, 2.24) is 15.1 Å². The summed E-state index contributed by atoms with van der Waals surface area (Å²) in [4.78, 5) is 8.32. The van der Waals surface area contributed by atoms with Crippen LogP contribution in [0.25, 0.3) is 11.7 Å². The molecule has 0 atom stereocenters. The number of nitrogens with zero attached hydrogens (tertiary/aromatic N) is 3. The zero-order chi connectivity index (χ0) is 11.9. The van der Waals surface area contributed by atoms with E-state index in [0.29, 0.717) is 17.5 Å². The van der Waals surface area contributed by atoms with Crippen LogP contribution >= 0.6 is 0 Å². The molecule has 0 aromatic carbocycles. The average molecular weight is 234 g/mol. The number of rotatable bonds is 2. The highest BCUT2D eigenvalue weighted by Crippen LogP contribution is 2.35. The molecule has 17 heavy (non-hydrogen) atoms. The fraction of sp³-hybridized carbons (Fsp3) is 0.545. The van der Waals surface area contributed by atoms with E-state index in [2.05, 4.69) is 15.1 Å². The van der Waals surface area contributed by atoms with E-state index in [0.717, 1.165) is 31.4 Å². The fourth-order valence-corrected chi connectivity index (χ4v) is 2.25. The Labute approximate surface area is 98.2 Å². The summed E-state index contributed by atoms with van der Waals surface area (Å²) in [5.41, 5.74) is 6.55. The highest BCUT2D eigenvalue weighted by Gasteiger charge is 2.36. The smallest absolute Gasteiger partial charge is 0.295 e. The maximum atomic E-state index is 6.25. The lowest BCUT2D eigenvalue weighted by Gasteiger charge is -2.17. The summed E-state index contributed by atoms with van der Waals surface area (Å²) in [5, 5.41) is 3.97. The van der Waals surface area contributed by atoms with Crippen LogP contribution in [-0.2, 0) is 5.54 Å². The third kappa shape index (κ3) is 1.64. The van der Waals surface area contributed by atoms with Gasteiger partial charge in [0.15, 0.2) is 12.2 Å². The van der Waals surface area contributed by atoms with Crippen molar-refractivity contribution < 1.29 is 8.94 Å². The summed E-state index contributed by atoms with van der Waals surface area (Å²) in [6.07, 6.45) is 5.40. The predicted molar refractivity (Wildman–Crippen MR) is 58.9 cm³/mol. The van der Waals surface area contributed by atoms with Crippen LogP contribution in [0.2, 0.25) is 0 Å². The van der Waals surface area contributed by atoms with Gasteiger partial charge in [0.1, 0.15) is 0 Å². The van der Waals surface area contributed by atoms with Gasteiger partial charge in [0, 0.05) is 0 Å². The number of hydrogen-bond acceptors (Lipinski definition) is 6. The zero-order valence-electron chi connectivity index (χ0n) is 9.64. The molecule has 2 aromatic rings. The highest BCUT2D eigenvalue weighted by molar-refractivity contribution is 5.46. The molecule has 2 aromatic heterocycles. The number of aryl methyl sites for hydroxylation is 1. The Balaban J connectivity index is 1.96. The molecule has 2 heterocycles. The molecule has 6 nitrogen and oxygen atoms in total. The lowest BCUT2D eigenvalue weighted by molar-refractivity contribution is 0.368. The first kappa shape index (κ1) is 10.5. The quantitative estimate of drug-likeness (QED) is 0.851. The summed E-state index contributed by atoms with van der Waals surface area (Å²) in [5.74, 6) is 1.44. The monoisotopic (exact) mass is 234 g/mol. The molecular weight excluding hydrogens is 220 g/mol. The van der Waals surface area contributed by atoms with Crippen LogP contribution in [0.1, 0.15) is 37.2 Å². The average Bonchev–Trinajstić information content (AvgIpc) is 2.97. The van der Waals surface area contributed by atoms with Crippen molar-refractivity contribution in [1.29, 1.82) is 0 Å². The predicted octanol–water partition coefficient (Wildman–Crippen LogP) is 1.76. The Morgan fingerprint density at radius 3 is 2.76 bits per heavy atom. The van der Waals surface area contributed by atoms with Gasteiger partial charge in [0.25, 0.3) is 5.89 Å². The van der Waals surface area contributed by atoms with Gasteiger partial charge < -0.3 is 14.7 Å². The molecule has 3 rings (SSSR count). The van der Waals surface area contributed by atoms with E-state index >= 15 is 0 Å². The molecule has 0 spiro atoms. The Bertz CT molecular complexity index is 525. The van der Waals surface area contributed by atoms with Gasteiger partial charge in [-0.1, -0.05) is 18.0 Å². The van der Waals surface area contributed by atoms with E-state index in [1.54, 1.807) is 0 Å². The van der Waals surface area contributed by atoms with Crippen molar-refractivity contribution in [2.45, 2.75) is 38.1 Å². The van der Waals surface area contributed by atoms with E-state index in [-0.39, 0.29) is 0 Å². The van der Waals surface area contributed by atoms with Gasteiger partial charge in [0.2, 0.25) is 5.76 Å². The first-order valence-corrected chi connectivity index (χ1v) is 5.72. The summed E-state index contributed by atoms with van der Waals surface area (Å²) in [6, 6.07) is 0. The molecule has 90 valence electrons. The van der Waals surface area contributed by atoms with Crippen LogP contribution in [0.3, 0.4) is 0 Å². The molecular formula is C11H14N4O2. The van der Waals surface area contributed by atoms with Crippen molar-refractivity contribution in [3.05, 3.63) is 17.9 Å². The second kappa shape index (κ2) is 3.66. The molecule has 1 aliphatic carbocycles. The zero-order valence-corrected chi connectivity index (χ0v) is 9.64. The maximum Gasteiger partial charge on any atom is 0.295 e. The Kier molecular flexibility index (Phi) is 2.25. The SMILES string of the molecule is Cc1ncoc1-c1nc(C2(N)CCCC2)no1. The van der Waals surface area contributed by atoms with Gasteiger partial charge in [-0.15, -0.1) is 0 Å². The van der Waals surface area contributed by atoms with Crippen LogP contribution in [0.4, 0.5) is 0 Å². The molecule has 1 aliphatic rings. The summed E-state index contributed by atoms with van der Waals surface area (Å²) in [7, 11) is 0. The van der Waals surface area contributed by atoms with E-state index in [1.807, 2.05) is 6.92 Å². The summed E-state index contributed by atoms with van der Waals surface area (Å²) < 4.78 is 10.4. The van der Waals surface area contributed by atoms with Gasteiger partial charge in [-0.05, 0) is 19.8 Å². The number of nitrogens with two attached hydrogens (primary N) is 1. The minimum atomic E-state index is -0.435. The third-order valence-corrected chi connectivity index (χ3v) is 3.31. The minimum absolute atomic E-state index is 0.353. The van der Waals surface area contributed by atoms with Crippen LogP contribution in [0.15, 0.2) is 15.3 Å². The second-order valence-corrected chi connectivity index (χ2v) is 4.55.